The van der Waals surface area contributed by atoms with E-state index in [-0.39, 0.29) is 23.0 Å². The summed E-state index contributed by atoms with van der Waals surface area (Å²) in [6.45, 7) is 1.95. The third-order valence-electron chi connectivity index (χ3n) is 4.66. The Morgan fingerprint density at radius 3 is 2.40 bits per heavy atom. The standard InChI is InChI=1S/C19H20Cl2FNS.ClH/c1-23-10-8-19(9-11-23,15-4-2-3-5-18(15)22)24-13-14-6-7-16(20)17(21)12-14;/h2-7,12H,8-11,13H2,1H3;1H. The monoisotopic (exact) mass is 419 g/mol. The number of piperidine rings is 1. The lowest BCUT2D eigenvalue weighted by molar-refractivity contribution is 0.237. The number of nitrogens with zero attached hydrogens (tertiary/aromatic N) is 1. The van der Waals surface area contributed by atoms with Gasteiger partial charge in [0.25, 0.3) is 0 Å². The first kappa shape index (κ1) is 20.9. The first-order valence-electron chi connectivity index (χ1n) is 8.02. The van der Waals surface area contributed by atoms with Crippen molar-refractivity contribution >= 4 is 47.4 Å². The van der Waals surface area contributed by atoms with E-state index in [9.17, 15) is 4.39 Å². The van der Waals surface area contributed by atoms with Crippen molar-refractivity contribution in [3.63, 3.8) is 0 Å². The number of thioether (sulfide) groups is 1. The molecular formula is C19H21Cl3FNS. The first-order chi connectivity index (χ1) is 11.5. The van der Waals surface area contributed by atoms with Crippen molar-refractivity contribution in [3.05, 3.63) is 69.5 Å². The molecule has 0 unspecified atom stereocenters. The van der Waals surface area contributed by atoms with Crippen LogP contribution in [0.1, 0.15) is 24.0 Å². The van der Waals surface area contributed by atoms with Crippen molar-refractivity contribution in [2.45, 2.75) is 23.3 Å². The van der Waals surface area contributed by atoms with Crippen LogP contribution in [0.4, 0.5) is 4.39 Å². The Labute approximate surface area is 169 Å². The van der Waals surface area contributed by atoms with Crippen molar-refractivity contribution in [3.8, 4) is 0 Å². The lowest BCUT2D eigenvalue weighted by Gasteiger charge is -2.41. The second-order valence-corrected chi connectivity index (χ2v) is 8.49. The maximum atomic E-state index is 14.5. The van der Waals surface area contributed by atoms with Gasteiger partial charge in [0.1, 0.15) is 5.82 Å². The molecule has 0 radical (unpaired) electrons. The summed E-state index contributed by atoms with van der Waals surface area (Å²) < 4.78 is 14.3. The largest absolute Gasteiger partial charge is 0.306 e. The highest BCUT2D eigenvalue weighted by atomic mass is 35.5. The molecule has 0 spiro atoms. The van der Waals surface area contributed by atoms with Gasteiger partial charge in [0.2, 0.25) is 0 Å². The number of likely N-dealkylation sites (tertiary alicyclic amines) is 1. The lowest BCUT2D eigenvalue weighted by atomic mass is 9.88. The van der Waals surface area contributed by atoms with E-state index >= 15 is 0 Å². The Bertz CT molecular complexity index is 718. The zero-order chi connectivity index (χ0) is 17.2. The van der Waals surface area contributed by atoms with Gasteiger partial charge in [0.15, 0.2) is 0 Å². The second-order valence-electron chi connectivity index (χ2n) is 6.31. The molecule has 1 aliphatic heterocycles. The lowest BCUT2D eigenvalue weighted by Crippen LogP contribution is -2.39. The number of hydrogen-bond donors (Lipinski definition) is 0. The summed E-state index contributed by atoms with van der Waals surface area (Å²) in [5, 5.41) is 1.13. The maximum Gasteiger partial charge on any atom is 0.127 e. The van der Waals surface area contributed by atoms with Gasteiger partial charge in [0.05, 0.1) is 10.0 Å². The van der Waals surface area contributed by atoms with E-state index in [2.05, 4.69) is 11.9 Å². The quantitative estimate of drug-likeness (QED) is 0.562. The Balaban J connectivity index is 0.00000225. The fourth-order valence-electron chi connectivity index (χ4n) is 3.15. The summed E-state index contributed by atoms with van der Waals surface area (Å²) in [6.07, 6.45) is 1.88. The van der Waals surface area contributed by atoms with Crippen molar-refractivity contribution in [2.24, 2.45) is 0 Å². The smallest absolute Gasteiger partial charge is 0.127 e. The minimum absolute atomic E-state index is 0. The molecule has 0 amide bonds. The summed E-state index contributed by atoms with van der Waals surface area (Å²) >= 11 is 13.9. The second kappa shape index (κ2) is 8.96. The number of benzene rings is 2. The van der Waals surface area contributed by atoms with Gasteiger partial charge < -0.3 is 4.90 Å². The molecule has 3 rings (SSSR count). The zero-order valence-corrected chi connectivity index (χ0v) is 17.1. The summed E-state index contributed by atoms with van der Waals surface area (Å²) in [5.74, 6) is 0.679. The van der Waals surface area contributed by atoms with Gasteiger partial charge >= 0.3 is 0 Å². The van der Waals surface area contributed by atoms with Gasteiger partial charge in [-0.05, 0) is 56.7 Å². The highest BCUT2D eigenvalue weighted by Gasteiger charge is 2.37. The van der Waals surface area contributed by atoms with Crippen LogP contribution in [0, 0.1) is 5.82 Å². The van der Waals surface area contributed by atoms with Crippen LogP contribution in [0.5, 0.6) is 0 Å². The van der Waals surface area contributed by atoms with Crippen molar-refractivity contribution in [1.82, 2.24) is 4.90 Å². The first-order valence-corrected chi connectivity index (χ1v) is 9.76. The van der Waals surface area contributed by atoms with Crippen molar-refractivity contribution in [1.29, 1.82) is 0 Å². The topological polar surface area (TPSA) is 3.24 Å². The van der Waals surface area contributed by atoms with Crippen LogP contribution in [-0.2, 0) is 10.5 Å². The summed E-state index contributed by atoms with van der Waals surface area (Å²) in [4.78, 5) is 2.30. The molecule has 0 aliphatic carbocycles. The SMILES string of the molecule is CN1CCC(SCc2ccc(Cl)c(Cl)c2)(c2ccccc2F)CC1.Cl. The van der Waals surface area contributed by atoms with Crippen LogP contribution in [0.25, 0.3) is 0 Å². The molecule has 0 saturated carbocycles. The van der Waals surface area contributed by atoms with Crippen molar-refractivity contribution in [2.75, 3.05) is 20.1 Å². The van der Waals surface area contributed by atoms with E-state index in [4.69, 9.17) is 23.2 Å². The molecule has 0 atom stereocenters. The fourth-order valence-corrected chi connectivity index (χ4v) is 4.89. The Hall–Kier alpha value is -0.450. The molecule has 1 nitrogen and oxygen atoms in total. The van der Waals surface area contributed by atoms with Gasteiger partial charge in [-0.2, -0.15) is 0 Å². The Morgan fingerprint density at radius 1 is 1.08 bits per heavy atom. The molecule has 0 bridgehead atoms. The van der Waals surface area contributed by atoms with Crippen LogP contribution in [0.2, 0.25) is 10.0 Å². The molecule has 2 aromatic rings. The van der Waals surface area contributed by atoms with Crippen molar-refractivity contribution < 1.29 is 4.39 Å². The molecule has 1 heterocycles. The van der Waals surface area contributed by atoms with Gasteiger partial charge in [-0.3, -0.25) is 0 Å². The zero-order valence-electron chi connectivity index (χ0n) is 14.0. The number of hydrogen-bond acceptors (Lipinski definition) is 2. The molecule has 1 fully saturated rings. The number of rotatable bonds is 4. The predicted octanol–water partition coefficient (Wildman–Crippen LogP) is 6.41. The van der Waals surface area contributed by atoms with Crippen LogP contribution < -0.4 is 0 Å². The highest BCUT2D eigenvalue weighted by Crippen LogP contribution is 2.47. The summed E-state index contributed by atoms with van der Waals surface area (Å²) in [7, 11) is 2.12. The van der Waals surface area contributed by atoms with E-state index in [1.807, 2.05) is 42.1 Å². The van der Waals surface area contributed by atoms with E-state index in [0.29, 0.717) is 10.0 Å². The summed E-state index contributed by atoms with van der Waals surface area (Å²) in [5.41, 5.74) is 1.94. The summed E-state index contributed by atoms with van der Waals surface area (Å²) in [6, 6.07) is 12.9. The third kappa shape index (κ3) is 4.84. The Kier molecular flexibility index (Phi) is 7.48. The molecular weight excluding hydrogens is 400 g/mol. The minimum Gasteiger partial charge on any atom is -0.306 e. The molecule has 6 heteroatoms. The van der Waals surface area contributed by atoms with Gasteiger partial charge in [-0.1, -0.05) is 47.5 Å². The number of halogens is 4. The van der Waals surface area contributed by atoms with Gasteiger partial charge in [0, 0.05) is 16.1 Å². The molecule has 2 aromatic carbocycles. The average molecular weight is 421 g/mol. The van der Waals surface area contributed by atoms with Gasteiger partial charge in [-0.15, -0.1) is 24.2 Å². The van der Waals surface area contributed by atoms with E-state index in [1.54, 1.807) is 12.1 Å². The maximum absolute atomic E-state index is 14.5. The molecule has 1 aliphatic rings. The normalized spacial score (nSPS) is 17.1. The average Bonchev–Trinajstić information content (AvgIpc) is 2.58. The Morgan fingerprint density at radius 2 is 1.76 bits per heavy atom. The van der Waals surface area contributed by atoms with Crippen LogP contribution in [-0.4, -0.2) is 25.0 Å². The molecule has 136 valence electrons. The van der Waals surface area contributed by atoms with Gasteiger partial charge in [-0.25, -0.2) is 4.39 Å². The molecule has 1 saturated heterocycles. The van der Waals surface area contributed by atoms with E-state index < -0.39 is 0 Å². The van der Waals surface area contributed by atoms with Crippen LogP contribution in [0.3, 0.4) is 0 Å². The predicted molar refractivity (Wildman–Crippen MR) is 110 cm³/mol. The molecule has 0 aromatic heterocycles. The van der Waals surface area contributed by atoms with E-state index in [0.717, 1.165) is 42.8 Å². The van der Waals surface area contributed by atoms with Crippen LogP contribution >= 0.6 is 47.4 Å². The third-order valence-corrected chi connectivity index (χ3v) is 7.06. The minimum atomic E-state index is -0.191. The van der Waals surface area contributed by atoms with E-state index in [1.165, 1.54) is 0 Å². The fraction of sp³-hybridized carbons (Fsp3) is 0.368. The molecule has 0 N–H and O–H groups in total. The highest BCUT2D eigenvalue weighted by molar-refractivity contribution is 7.99. The molecule has 25 heavy (non-hydrogen) atoms. The van der Waals surface area contributed by atoms with Crippen LogP contribution in [0.15, 0.2) is 42.5 Å².